The van der Waals surface area contributed by atoms with E-state index in [1.54, 1.807) is 12.4 Å². The van der Waals surface area contributed by atoms with E-state index in [-0.39, 0.29) is 11.0 Å². The lowest BCUT2D eigenvalue weighted by atomic mass is 9.82. The molecule has 27 heavy (non-hydrogen) atoms. The summed E-state index contributed by atoms with van der Waals surface area (Å²) in [6.07, 6.45) is 6.61. The van der Waals surface area contributed by atoms with Crippen molar-refractivity contribution in [2.75, 3.05) is 24.3 Å². The van der Waals surface area contributed by atoms with Gasteiger partial charge in [0.2, 0.25) is 0 Å². The standard InChI is InChI=1S/C22H31N5/c1-21(2,3)15-22(4,5)25-20-19(24-18-14-23-12-13-27(18)20)16-8-10-17(11-9-16)26(6)7/h8-14,25H,15H2,1-7H3. The number of rotatable bonds is 5. The average Bonchev–Trinajstić information content (AvgIpc) is 2.91. The van der Waals surface area contributed by atoms with E-state index in [0.717, 1.165) is 29.1 Å². The van der Waals surface area contributed by atoms with Crippen molar-refractivity contribution in [1.82, 2.24) is 14.4 Å². The number of hydrogen-bond acceptors (Lipinski definition) is 4. The minimum absolute atomic E-state index is 0.0736. The van der Waals surface area contributed by atoms with E-state index < -0.39 is 0 Å². The highest BCUT2D eigenvalue weighted by Crippen LogP contribution is 2.35. The van der Waals surface area contributed by atoms with Crippen LogP contribution in [-0.2, 0) is 0 Å². The molecular formula is C22H31N5. The van der Waals surface area contributed by atoms with Crippen molar-refractivity contribution in [3.05, 3.63) is 42.9 Å². The van der Waals surface area contributed by atoms with Crippen molar-refractivity contribution in [3.63, 3.8) is 0 Å². The Morgan fingerprint density at radius 1 is 1.04 bits per heavy atom. The molecule has 0 unspecified atom stereocenters. The molecule has 0 aliphatic heterocycles. The van der Waals surface area contributed by atoms with E-state index in [1.807, 2.05) is 20.3 Å². The summed E-state index contributed by atoms with van der Waals surface area (Å²) in [5.74, 6) is 1.01. The minimum atomic E-state index is -0.0736. The second kappa shape index (κ2) is 6.87. The summed E-state index contributed by atoms with van der Waals surface area (Å²) in [4.78, 5) is 11.2. The Morgan fingerprint density at radius 2 is 1.70 bits per heavy atom. The summed E-state index contributed by atoms with van der Waals surface area (Å²) in [6.45, 7) is 11.3. The summed E-state index contributed by atoms with van der Waals surface area (Å²) in [6, 6.07) is 8.52. The zero-order valence-corrected chi connectivity index (χ0v) is 17.5. The van der Waals surface area contributed by atoms with Crippen LogP contribution in [0.5, 0.6) is 0 Å². The van der Waals surface area contributed by atoms with E-state index in [9.17, 15) is 0 Å². The largest absolute Gasteiger partial charge is 0.378 e. The normalized spacial score (nSPS) is 12.4. The zero-order chi connectivity index (χ0) is 19.8. The Labute approximate surface area is 162 Å². The highest BCUT2D eigenvalue weighted by atomic mass is 15.2. The summed E-state index contributed by atoms with van der Waals surface area (Å²) in [5, 5.41) is 3.76. The predicted molar refractivity (Wildman–Crippen MR) is 115 cm³/mol. The lowest BCUT2D eigenvalue weighted by Crippen LogP contribution is -2.36. The average molecular weight is 366 g/mol. The van der Waals surface area contributed by atoms with Crippen LogP contribution in [0.3, 0.4) is 0 Å². The molecule has 2 aromatic heterocycles. The first-order chi connectivity index (χ1) is 12.6. The van der Waals surface area contributed by atoms with Crippen LogP contribution in [0.2, 0.25) is 0 Å². The summed E-state index contributed by atoms with van der Waals surface area (Å²) < 4.78 is 2.09. The van der Waals surface area contributed by atoms with Crippen LogP contribution >= 0.6 is 0 Å². The minimum Gasteiger partial charge on any atom is -0.378 e. The highest BCUT2D eigenvalue weighted by Gasteiger charge is 2.28. The molecule has 0 spiro atoms. The van der Waals surface area contributed by atoms with Crippen molar-refractivity contribution in [1.29, 1.82) is 0 Å². The van der Waals surface area contributed by atoms with Gasteiger partial charge in [0.25, 0.3) is 0 Å². The Bertz CT molecular complexity index is 914. The summed E-state index contributed by atoms with van der Waals surface area (Å²) in [7, 11) is 4.10. The van der Waals surface area contributed by atoms with E-state index >= 15 is 0 Å². The van der Waals surface area contributed by atoms with Gasteiger partial charge in [-0.15, -0.1) is 0 Å². The van der Waals surface area contributed by atoms with Gasteiger partial charge in [-0.2, -0.15) is 0 Å². The van der Waals surface area contributed by atoms with Crippen molar-refractivity contribution < 1.29 is 0 Å². The maximum Gasteiger partial charge on any atom is 0.157 e. The van der Waals surface area contributed by atoms with Crippen molar-refractivity contribution in [3.8, 4) is 11.3 Å². The maximum absolute atomic E-state index is 4.86. The SMILES string of the molecule is CN(C)c1ccc(-c2nc3cnccn3c2NC(C)(C)CC(C)(C)C)cc1. The second-order valence-corrected chi connectivity index (χ2v) is 9.30. The highest BCUT2D eigenvalue weighted by molar-refractivity contribution is 5.77. The molecule has 0 aliphatic carbocycles. The third-order valence-electron chi connectivity index (χ3n) is 4.52. The van der Waals surface area contributed by atoms with Crippen LogP contribution in [0.25, 0.3) is 16.9 Å². The molecular weight excluding hydrogens is 334 g/mol. The quantitative estimate of drug-likeness (QED) is 0.684. The number of nitrogens with one attached hydrogen (secondary N) is 1. The third-order valence-corrected chi connectivity index (χ3v) is 4.52. The van der Waals surface area contributed by atoms with Gasteiger partial charge in [0.15, 0.2) is 5.65 Å². The van der Waals surface area contributed by atoms with Crippen LogP contribution in [0.4, 0.5) is 11.5 Å². The molecule has 0 aliphatic rings. The topological polar surface area (TPSA) is 45.5 Å². The van der Waals surface area contributed by atoms with Gasteiger partial charge < -0.3 is 10.2 Å². The monoisotopic (exact) mass is 365 g/mol. The Kier molecular flexibility index (Phi) is 4.89. The molecule has 0 amide bonds. The third kappa shape index (κ3) is 4.41. The lowest BCUT2D eigenvalue weighted by molar-refractivity contribution is 0.302. The van der Waals surface area contributed by atoms with Crippen molar-refractivity contribution >= 4 is 17.2 Å². The number of fused-ring (bicyclic) bond motifs is 1. The van der Waals surface area contributed by atoms with Crippen LogP contribution in [-0.4, -0.2) is 34.0 Å². The fourth-order valence-electron chi connectivity index (χ4n) is 3.84. The molecule has 0 radical (unpaired) electrons. The van der Waals surface area contributed by atoms with Gasteiger partial charge >= 0.3 is 0 Å². The van der Waals surface area contributed by atoms with Gasteiger partial charge in [0.05, 0.1) is 6.20 Å². The Balaban J connectivity index is 2.07. The van der Waals surface area contributed by atoms with Gasteiger partial charge in [0, 0.05) is 43.3 Å². The first-order valence-electron chi connectivity index (χ1n) is 9.44. The molecule has 3 aromatic rings. The van der Waals surface area contributed by atoms with Gasteiger partial charge in [-0.25, -0.2) is 4.98 Å². The summed E-state index contributed by atoms with van der Waals surface area (Å²) in [5.41, 5.74) is 4.22. The molecule has 0 saturated carbocycles. The van der Waals surface area contributed by atoms with Gasteiger partial charge in [-0.3, -0.25) is 9.38 Å². The van der Waals surface area contributed by atoms with Crippen LogP contribution in [0.15, 0.2) is 42.9 Å². The number of aromatic nitrogens is 3. The first kappa shape index (κ1) is 19.2. The number of hydrogen-bond donors (Lipinski definition) is 1. The van der Waals surface area contributed by atoms with Crippen molar-refractivity contribution in [2.45, 2.75) is 46.6 Å². The molecule has 1 N–H and O–H groups in total. The molecule has 0 atom stereocenters. The molecule has 5 heteroatoms. The second-order valence-electron chi connectivity index (χ2n) is 9.30. The van der Waals surface area contributed by atoms with Crippen LogP contribution in [0, 0.1) is 5.41 Å². The molecule has 2 heterocycles. The molecule has 0 fully saturated rings. The Hall–Kier alpha value is -2.56. The van der Waals surface area contributed by atoms with Gasteiger partial charge in [-0.05, 0) is 37.8 Å². The first-order valence-corrected chi connectivity index (χ1v) is 9.44. The fourth-order valence-corrected chi connectivity index (χ4v) is 3.84. The molecule has 0 bridgehead atoms. The molecule has 3 rings (SSSR count). The van der Waals surface area contributed by atoms with E-state index in [2.05, 4.69) is 78.5 Å². The predicted octanol–water partition coefficient (Wildman–Crippen LogP) is 5.09. The number of imidazole rings is 1. The number of nitrogens with zero attached hydrogens (tertiary/aromatic N) is 4. The smallest absolute Gasteiger partial charge is 0.157 e. The fraction of sp³-hybridized carbons (Fsp3) is 0.455. The van der Waals surface area contributed by atoms with Crippen molar-refractivity contribution in [2.24, 2.45) is 5.41 Å². The zero-order valence-electron chi connectivity index (χ0n) is 17.5. The van der Waals surface area contributed by atoms with Crippen LogP contribution < -0.4 is 10.2 Å². The lowest BCUT2D eigenvalue weighted by Gasteiger charge is -2.34. The molecule has 1 aromatic carbocycles. The molecule has 144 valence electrons. The van der Waals surface area contributed by atoms with Gasteiger partial charge in [-0.1, -0.05) is 32.9 Å². The molecule has 5 nitrogen and oxygen atoms in total. The Morgan fingerprint density at radius 3 is 2.30 bits per heavy atom. The van der Waals surface area contributed by atoms with Gasteiger partial charge in [0.1, 0.15) is 11.5 Å². The van der Waals surface area contributed by atoms with E-state index in [4.69, 9.17) is 4.98 Å². The number of benzene rings is 1. The number of anilines is 2. The molecule has 0 saturated heterocycles. The van der Waals surface area contributed by atoms with Crippen LogP contribution in [0.1, 0.15) is 41.0 Å². The van der Waals surface area contributed by atoms with E-state index in [0.29, 0.717) is 0 Å². The maximum atomic E-state index is 4.86. The van der Waals surface area contributed by atoms with E-state index in [1.165, 1.54) is 5.69 Å². The summed E-state index contributed by atoms with van der Waals surface area (Å²) >= 11 is 0.